The largest absolute Gasteiger partial charge is 0.545 e. The number of hydrogen-bond acceptors (Lipinski definition) is 8. The molecular formula is C74H131NO8. The summed E-state index contributed by atoms with van der Waals surface area (Å²) in [6.07, 6.45) is 83.8. The Kier molecular flexibility index (Phi) is 61.7. The van der Waals surface area contributed by atoms with Gasteiger partial charge < -0.3 is 33.3 Å². The van der Waals surface area contributed by atoms with Crippen LogP contribution in [0.3, 0.4) is 0 Å². The van der Waals surface area contributed by atoms with E-state index in [0.717, 1.165) is 70.6 Å². The molecule has 480 valence electrons. The van der Waals surface area contributed by atoms with Crippen LogP contribution in [0.25, 0.3) is 0 Å². The zero-order chi connectivity index (χ0) is 60.5. The SMILES string of the molecule is CC/C=C\C/C=C\C/C=C\C/C=C\C/C=C\C/C=C\CCCCCCCCCCCCCCCCCCCCCCC(=O)OC(COC(=O)CCCCCCCCCCC/C=C\CCCCCCCC)COC(OCC[N+](C)(C)C)C(=O)[O-]. The van der Waals surface area contributed by atoms with Gasteiger partial charge in [-0.25, -0.2) is 0 Å². The van der Waals surface area contributed by atoms with E-state index < -0.39 is 24.3 Å². The first kappa shape index (κ1) is 79.5. The zero-order valence-corrected chi connectivity index (χ0v) is 54.8. The molecule has 2 unspecified atom stereocenters. The number of carboxylic acid groups (broad SMARTS) is 1. The van der Waals surface area contributed by atoms with Gasteiger partial charge in [-0.2, -0.15) is 0 Å². The van der Waals surface area contributed by atoms with E-state index in [-0.39, 0.29) is 32.2 Å². The summed E-state index contributed by atoms with van der Waals surface area (Å²) in [6, 6.07) is 0. The van der Waals surface area contributed by atoms with Crippen LogP contribution in [0.2, 0.25) is 0 Å². The number of aliphatic carboxylic acids is 1. The minimum atomic E-state index is -1.62. The van der Waals surface area contributed by atoms with Crippen molar-refractivity contribution in [2.24, 2.45) is 0 Å². The van der Waals surface area contributed by atoms with E-state index in [1.165, 1.54) is 205 Å². The Morgan fingerprint density at radius 1 is 0.373 bits per heavy atom. The van der Waals surface area contributed by atoms with Crippen molar-refractivity contribution in [3.63, 3.8) is 0 Å². The number of hydrogen-bond donors (Lipinski definition) is 0. The molecule has 2 atom stereocenters. The Bertz CT molecular complexity index is 1640. The Morgan fingerprint density at radius 3 is 1.04 bits per heavy atom. The van der Waals surface area contributed by atoms with E-state index >= 15 is 0 Å². The third-order valence-corrected chi connectivity index (χ3v) is 15.1. The Labute approximate surface area is 512 Å². The lowest BCUT2D eigenvalue weighted by Gasteiger charge is -2.26. The van der Waals surface area contributed by atoms with Gasteiger partial charge in [0.05, 0.1) is 40.3 Å². The number of unbranched alkanes of at least 4 members (excludes halogenated alkanes) is 35. The van der Waals surface area contributed by atoms with Gasteiger partial charge >= 0.3 is 11.9 Å². The molecule has 0 N–H and O–H groups in total. The first-order valence-corrected chi connectivity index (χ1v) is 34.7. The molecule has 9 heteroatoms. The monoisotopic (exact) mass is 1160 g/mol. The number of quaternary nitrogens is 1. The summed E-state index contributed by atoms with van der Waals surface area (Å²) in [6.45, 7) is 4.66. The summed E-state index contributed by atoms with van der Waals surface area (Å²) < 4.78 is 22.8. The molecule has 0 aromatic heterocycles. The molecule has 0 aliphatic carbocycles. The number of allylic oxidation sites excluding steroid dienone is 14. The van der Waals surface area contributed by atoms with Crippen LogP contribution in [0.4, 0.5) is 0 Å². The van der Waals surface area contributed by atoms with Crippen LogP contribution in [0.15, 0.2) is 85.1 Å². The summed E-state index contributed by atoms with van der Waals surface area (Å²) >= 11 is 0. The van der Waals surface area contributed by atoms with Gasteiger partial charge in [0.25, 0.3) is 0 Å². The highest BCUT2D eigenvalue weighted by atomic mass is 16.7. The van der Waals surface area contributed by atoms with Crippen LogP contribution in [-0.2, 0) is 33.3 Å². The molecule has 0 saturated heterocycles. The van der Waals surface area contributed by atoms with Gasteiger partial charge in [-0.15, -0.1) is 0 Å². The molecule has 0 aromatic carbocycles. The standard InChI is InChI=1S/C74H131NO8/c1-6-8-10-12-14-16-18-20-22-24-26-27-28-29-30-31-32-33-34-35-36-37-38-39-40-41-42-43-44-45-47-49-51-53-55-57-59-61-63-65-72(77)83-70(69-82-74(73(78)79)80-67-66-75(3,4)5)68-81-71(76)64-62-60-58-56-54-52-50-48-46-25-23-21-19-17-15-13-11-9-7-2/h8,10,14,16,20-23,26-27,29-30,32-33,70,74H,6-7,9,11-13,15,17-19,24-25,28,31,34-69H2,1-5H3/b10-8-,16-14-,22-20-,23-21-,27-26-,30-29-,33-32-. The number of esters is 2. The summed E-state index contributed by atoms with van der Waals surface area (Å²) in [5.74, 6) is -2.27. The van der Waals surface area contributed by atoms with Crippen molar-refractivity contribution in [2.75, 3.05) is 47.5 Å². The third kappa shape index (κ3) is 65.9. The number of ether oxygens (including phenoxy) is 4. The normalized spacial score (nSPS) is 13.2. The zero-order valence-electron chi connectivity index (χ0n) is 54.8. The minimum Gasteiger partial charge on any atom is -0.545 e. The van der Waals surface area contributed by atoms with E-state index in [2.05, 4.69) is 98.9 Å². The van der Waals surface area contributed by atoms with E-state index in [1.54, 1.807) is 0 Å². The van der Waals surface area contributed by atoms with Gasteiger partial charge in [0.2, 0.25) is 0 Å². The molecule has 0 amide bonds. The lowest BCUT2D eigenvalue weighted by atomic mass is 10.0. The van der Waals surface area contributed by atoms with Gasteiger partial charge in [-0.1, -0.05) is 292 Å². The fourth-order valence-corrected chi connectivity index (χ4v) is 9.83. The molecular weight excluding hydrogens is 1030 g/mol. The number of likely N-dealkylation sites (N-methyl/N-ethyl adjacent to an activating group) is 1. The Hall–Kier alpha value is -3.53. The average Bonchev–Trinajstić information content (AvgIpc) is 3.46. The molecule has 0 aliphatic rings. The van der Waals surface area contributed by atoms with E-state index in [9.17, 15) is 19.5 Å². The maximum absolute atomic E-state index is 12.9. The fourth-order valence-electron chi connectivity index (χ4n) is 9.83. The van der Waals surface area contributed by atoms with Crippen molar-refractivity contribution in [3.05, 3.63) is 85.1 Å². The van der Waals surface area contributed by atoms with Gasteiger partial charge in [0.15, 0.2) is 12.4 Å². The minimum absolute atomic E-state index is 0.147. The number of carboxylic acids is 1. The molecule has 0 saturated carbocycles. The van der Waals surface area contributed by atoms with Crippen molar-refractivity contribution in [3.8, 4) is 0 Å². The molecule has 0 aliphatic heterocycles. The van der Waals surface area contributed by atoms with Crippen LogP contribution < -0.4 is 5.11 Å². The molecule has 9 nitrogen and oxygen atoms in total. The molecule has 0 aromatic rings. The lowest BCUT2D eigenvalue weighted by Crippen LogP contribution is -2.44. The summed E-state index contributed by atoms with van der Waals surface area (Å²) in [5.41, 5.74) is 0. The van der Waals surface area contributed by atoms with Crippen molar-refractivity contribution >= 4 is 17.9 Å². The lowest BCUT2D eigenvalue weighted by molar-refractivity contribution is -0.870. The molecule has 0 spiro atoms. The van der Waals surface area contributed by atoms with E-state index in [0.29, 0.717) is 23.9 Å². The first-order chi connectivity index (χ1) is 40.6. The van der Waals surface area contributed by atoms with Gasteiger partial charge in [-0.05, 0) is 89.9 Å². The third-order valence-electron chi connectivity index (χ3n) is 15.1. The Balaban J connectivity index is 4.02. The molecule has 0 fully saturated rings. The van der Waals surface area contributed by atoms with E-state index in [4.69, 9.17) is 18.9 Å². The second-order valence-electron chi connectivity index (χ2n) is 24.4. The van der Waals surface area contributed by atoms with Gasteiger partial charge in [-0.3, -0.25) is 9.59 Å². The highest BCUT2D eigenvalue weighted by Gasteiger charge is 2.22. The second-order valence-corrected chi connectivity index (χ2v) is 24.4. The van der Waals surface area contributed by atoms with Crippen molar-refractivity contribution in [2.45, 2.75) is 322 Å². The van der Waals surface area contributed by atoms with Crippen molar-refractivity contribution in [1.82, 2.24) is 0 Å². The number of rotatable bonds is 64. The molecule has 0 rings (SSSR count). The van der Waals surface area contributed by atoms with Gasteiger partial charge in [0.1, 0.15) is 13.2 Å². The topological polar surface area (TPSA) is 111 Å². The second kappa shape index (κ2) is 64.5. The summed E-state index contributed by atoms with van der Waals surface area (Å²) in [7, 11) is 5.93. The van der Waals surface area contributed by atoms with Crippen LogP contribution >= 0.6 is 0 Å². The summed E-state index contributed by atoms with van der Waals surface area (Å²) in [5, 5.41) is 11.8. The predicted octanol–water partition coefficient (Wildman–Crippen LogP) is 20.1. The number of carbonyl (C=O) groups excluding carboxylic acids is 3. The summed E-state index contributed by atoms with van der Waals surface area (Å²) in [4.78, 5) is 37.4. The first-order valence-electron chi connectivity index (χ1n) is 34.7. The van der Waals surface area contributed by atoms with Crippen LogP contribution in [0.1, 0.15) is 309 Å². The fraction of sp³-hybridized carbons (Fsp3) is 0.770. The molecule has 0 heterocycles. The number of nitrogens with zero attached hydrogens (tertiary/aromatic N) is 1. The van der Waals surface area contributed by atoms with Crippen LogP contribution in [0.5, 0.6) is 0 Å². The van der Waals surface area contributed by atoms with Crippen molar-refractivity contribution in [1.29, 1.82) is 0 Å². The molecule has 0 radical (unpaired) electrons. The highest BCUT2D eigenvalue weighted by molar-refractivity contribution is 5.70. The smallest absolute Gasteiger partial charge is 0.306 e. The Morgan fingerprint density at radius 2 is 0.687 bits per heavy atom. The van der Waals surface area contributed by atoms with Crippen LogP contribution in [0, 0.1) is 0 Å². The maximum atomic E-state index is 12.9. The number of carbonyl (C=O) groups is 3. The molecule has 83 heavy (non-hydrogen) atoms. The van der Waals surface area contributed by atoms with E-state index in [1.807, 2.05) is 21.1 Å². The average molecular weight is 1160 g/mol. The molecule has 0 bridgehead atoms. The van der Waals surface area contributed by atoms with Crippen molar-refractivity contribution < 1.29 is 42.9 Å². The predicted molar refractivity (Wildman–Crippen MR) is 352 cm³/mol. The quantitative estimate of drug-likeness (QED) is 0.0195. The van der Waals surface area contributed by atoms with Gasteiger partial charge in [0, 0.05) is 12.8 Å². The maximum Gasteiger partial charge on any atom is 0.306 e. The van der Waals surface area contributed by atoms with Crippen LogP contribution in [-0.4, -0.2) is 82.3 Å². The highest BCUT2D eigenvalue weighted by Crippen LogP contribution is 2.18.